The smallest absolute Gasteiger partial charge is 0.179 e. The number of pyridine rings is 1. The maximum Gasteiger partial charge on any atom is 0.179 e. The monoisotopic (exact) mass is 355 g/mol. The van der Waals surface area contributed by atoms with Crippen molar-refractivity contribution in [3.8, 4) is 5.75 Å². The Hall–Kier alpha value is -2.80. The number of nitrogens with two attached hydrogens (primary N) is 1. The number of nitrogen functional groups attached to an aromatic ring is 1. The molecule has 6 nitrogen and oxygen atoms in total. The van der Waals surface area contributed by atoms with Gasteiger partial charge in [-0.25, -0.2) is 8.42 Å². The molecule has 1 aliphatic rings. The number of nitrogens with one attached hydrogen (secondary N) is 1. The van der Waals surface area contributed by atoms with Crippen molar-refractivity contribution >= 4 is 37.8 Å². The second kappa shape index (κ2) is 5.35. The van der Waals surface area contributed by atoms with Gasteiger partial charge in [-0.15, -0.1) is 0 Å². The predicted molar refractivity (Wildman–Crippen MR) is 98.0 cm³/mol. The summed E-state index contributed by atoms with van der Waals surface area (Å²) in [5.74, 6) is 0.181. The van der Waals surface area contributed by atoms with Gasteiger partial charge in [0, 0.05) is 5.39 Å². The Labute approximate surface area is 145 Å². The van der Waals surface area contributed by atoms with Crippen LogP contribution in [0.5, 0.6) is 5.75 Å². The van der Waals surface area contributed by atoms with Crippen molar-refractivity contribution in [1.29, 1.82) is 0 Å². The Bertz CT molecular complexity index is 1120. The van der Waals surface area contributed by atoms with Gasteiger partial charge in [0.2, 0.25) is 0 Å². The van der Waals surface area contributed by atoms with Crippen LogP contribution < -0.4 is 11.1 Å². The average molecular weight is 355 g/mol. The predicted octanol–water partition coefficient (Wildman–Crippen LogP) is 2.90. The van der Waals surface area contributed by atoms with Crippen molar-refractivity contribution in [3.63, 3.8) is 0 Å². The van der Waals surface area contributed by atoms with Crippen LogP contribution in [0.2, 0.25) is 0 Å². The van der Waals surface area contributed by atoms with Gasteiger partial charge in [0.05, 0.1) is 39.4 Å². The van der Waals surface area contributed by atoms with Gasteiger partial charge in [0.25, 0.3) is 0 Å². The van der Waals surface area contributed by atoms with Gasteiger partial charge in [-0.1, -0.05) is 6.07 Å². The zero-order valence-electron chi connectivity index (χ0n) is 13.6. The summed E-state index contributed by atoms with van der Waals surface area (Å²) in [5.41, 5.74) is 9.98. The van der Waals surface area contributed by atoms with Gasteiger partial charge < -0.3 is 16.2 Å². The summed E-state index contributed by atoms with van der Waals surface area (Å²) in [4.78, 5) is 4.66. The quantitative estimate of drug-likeness (QED) is 0.611. The van der Waals surface area contributed by atoms with E-state index in [1.54, 1.807) is 30.3 Å². The lowest BCUT2D eigenvalue weighted by Crippen LogP contribution is -2.02. The highest BCUT2D eigenvalue weighted by atomic mass is 32.2. The Morgan fingerprint density at radius 2 is 2.04 bits per heavy atom. The van der Waals surface area contributed by atoms with Gasteiger partial charge in [-0.2, -0.15) is 0 Å². The molecule has 0 fully saturated rings. The number of phenols is 1. The summed E-state index contributed by atoms with van der Waals surface area (Å²) in [6, 6.07) is 8.51. The molecular formula is C18H17N3O3S. The molecule has 128 valence electrons. The summed E-state index contributed by atoms with van der Waals surface area (Å²) in [6.07, 6.45) is 1.96. The first-order valence-corrected chi connectivity index (χ1v) is 9.51. The molecule has 0 atom stereocenters. The Morgan fingerprint density at radius 1 is 1.24 bits per heavy atom. The SMILES string of the molecule is Cc1ccc(O)c(Nc2c(N)cnc3ccc4c(c23)CCS4(=O)=O)c1. The number of nitrogens with zero attached hydrogens (tertiary/aromatic N) is 1. The largest absolute Gasteiger partial charge is 0.506 e. The highest BCUT2D eigenvalue weighted by Gasteiger charge is 2.29. The molecule has 2 heterocycles. The van der Waals surface area contributed by atoms with Crippen LogP contribution in [0.25, 0.3) is 10.9 Å². The number of benzene rings is 2. The number of aromatic hydroxyl groups is 1. The first kappa shape index (κ1) is 15.7. The molecule has 1 aliphatic heterocycles. The van der Waals surface area contributed by atoms with Crippen LogP contribution in [0.1, 0.15) is 11.1 Å². The number of rotatable bonds is 2. The normalized spacial score (nSPS) is 15.2. The molecule has 0 saturated carbocycles. The zero-order valence-corrected chi connectivity index (χ0v) is 14.4. The summed E-state index contributed by atoms with van der Waals surface area (Å²) < 4.78 is 24.5. The van der Waals surface area contributed by atoms with Crippen LogP contribution in [0.3, 0.4) is 0 Å². The third-order valence-corrected chi connectivity index (χ3v) is 6.29. The molecular weight excluding hydrogens is 338 g/mol. The maximum atomic E-state index is 12.2. The number of fused-ring (bicyclic) bond motifs is 3. The Kier molecular flexibility index (Phi) is 3.36. The Morgan fingerprint density at radius 3 is 2.84 bits per heavy atom. The number of anilines is 3. The van der Waals surface area contributed by atoms with Crippen molar-refractivity contribution in [2.75, 3.05) is 16.8 Å². The second-order valence-corrected chi connectivity index (χ2v) is 8.32. The standard InChI is InChI=1S/C18H17N3O3S/c1-10-2-4-15(22)14(8-10)21-18-12(19)9-20-13-3-5-16-11(17(13)18)6-7-25(16,23)24/h2-5,8-9,22H,6-7,19H2,1H3,(H,20,21). The molecule has 1 aromatic heterocycles. The van der Waals surface area contributed by atoms with Crippen LogP contribution in [-0.4, -0.2) is 24.3 Å². The van der Waals surface area contributed by atoms with Crippen LogP contribution >= 0.6 is 0 Å². The van der Waals surface area contributed by atoms with E-state index in [4.69, 9.17) is 5.73 Å². The van der Waals surface area contributed by atoms with Crippen molar-refractivity contribution < 1.29 is 13.5 Å². The highest BCUT2D eigenvalue weighted by Crippen LogP contribution is 2.40. The molecule has 3 aromatic rings. The van der Waals surface area contributed by atoms with Crippen molar-refractivity contribution in [2.24, 2.45) is 0 Å². The summed E-state index contributed by atoms with van der Waals surface area (Å²) in [6.45, 7) is 1.92. The fourth-order valence-corrected chi connectivity index (χ4v) is 4.80. The topological polar surface area (TPSA) is 105 Å². The fraction of sp³-hybridized carbons (Fsp3) is 0.167. The third kappa shape index (κ3) is 2.47. The number of hydrogen-bond donors (Lipinski definition) is 3. The number of hydrogen-bond acceptors (Lipinski definition) is 6. The van der Waals surface area contributed by atoms with Crippen molar-refractivity contribution in [1.82, 2.24) is 4.98 Å². The zero-order chi connectivity index (χ0) is 17.8. The summed E-state index contributed by atoms with van der Waals surface area (Å²) in [7, 11) is -3.26. The van der Waals surface area contributed by atoms with Crippen LogP contribution in [0.15, 0.2) is 41.4 Å². The van der Waals surface area contributed by atoms with Crippen molar-refractivity contribution in [3.05, 3.63) is 47.7 Å². The van der Waals surface area contributed by atoms with Gasteiger partial charge in [-0.3, -0.25) is 4.98 Å². The molecule has 7 heteroatoms. The number of sulfone groups is 1. The van der Waals surface area contributed by atoms with Gasteiger partial charge >= 0.3 is 0 Å². The second-order valence-electron chi connectivity index (χ2n) is 6.24. The minimum absolute atomic E-state index is 0.0887. The summed E-state index contributed by atoms with van der Waals surface area (Å²) in [5, 5.41) is 14.0. The summed E-state index contributed by atoms with van der Waals surface area (Å²) >= 11 is 0. The first-order valence-electron chi connectivity index (χ1n) is 7.86. The number of aromatic nitrogens is 1. The Balaban J connectivity index is 1.99. The van der Waals surface area contributed by atoms with E-state index in [0.717, 1.165) is 11.1 Å². The fourth-order valence-electron chi connectivity index (χ4n) is 3.26. The van der Waals surface area contributed by atoms with E-state index in [1.807, 2.05) is 6.92 Å². The molecule has 0 spiro atoms. The molecule has 25 heavy (non-hydrogen) atoms. The molecule has 0 radical (unpaired) electrons. The molecule has 0 amide bonds. The minimum Gasteiger partial charge on any atom is -0.506 e. The van der Waals surface area contributed by atoms with E-state index in [1.165, 1.54) is 6.20 Å². The third-order valence-electron chi connectivity index (χ3n) is 4.50. The molecule has 4 rings (SSSR count). The minimum atomic E-state index is -3.26. The van der Waals surface area contributed by atoms with Gasteiger partial charge in [0.1, 0.15) is 5.75 Å². The highest BCUT2D eigenvalue weighted by molar-refractivity contribution is 7.91. The van der Waals surface area contributed by atoms with E-state index >= 15 is 0 Å². The average Bonchev–Trinajstić information content (AvgIpc) is 2.88. The van der Waals surface area contributed by atoms with Crippen LogP contribution in [-0.2, 0) is 16.3 Å². The number of phenolic OH excluding ortho intramolecular Hbond substituents is 1. The van der Waals surface area contributed by atoms with E-state index in [-0.39, 0.29) is 11.5 Å². The van der Waals surface area contributed by atoms with E-state index in [2.05, 4.69) is 10.3 Å². The lowest BCUT2D eigenvalue weighted by Gasteiger charge is -2.16. The van der Waals surface area contributed by atoms with Crippen molar-refractivity contribution in [2.45, 2.75) is 18.2 Å². The van der Waals surface area contributed by atoms with E-state index in [0.29, 0.717) is 39.3 Å². The van der Waals surface area contributed by atoms with Gasteiger partial charge in [-0.05, 0) is 48.7 Å². The molecule has 0 aliphatic carbocycles. The lowest BCUT2D eigenvalue weighted by atomic mass is 10.0. The molecule has 0 saturated heterocycles. The molecule has 0 unspecified atom stereocenters. The molecule has 2 aromatic carbocycles. The van der Waals surface area contributed by atoms with Crippen LogP contribution in [0, 0.1) is 6.92 Å². The lowest BCUT2D eigenvalue weighted by molar-refractivity contribution is 0.477. The van der Waals surface area contributed by atoms with Gasteiger partial charge in [0.15, 0.2) is 9.84 Å². The first-order chi connectivity index (χ1) is 11.9. The number of aryl methyl sites for hydroxylation is 2. The molecule has 0 bridgehead atoms. The van der Waals surface area contributed by atoms with E-state index < -0.39 is 9.84 Å². The van der Waals surface area contributed by atoms with Crippen LogP contribution in [0.4, 0.5) is 17.1 Å². The maximum absolute atomic E-state index is 12.2. The molecule has 4 N–H and O–H groups in total. The van der Waals surface area contributed by atoms with E-state index in [9.17, 15) is 13.5 Å².